The van der Waals surface area contributed by atoms with Crippen LogP contribution in [0.2, 0.25) is 5.02 Å². The molecule has 0 radical (unpaired) electrons. The fourth-order valence-electron chi connectivity index (χ4n) is 1.74. The Labute approximate surface area is 120 Å². The Hall–Kier alpha value is -2.27. The highest BCUT2D eigenvalue weighted by molar-refractivity contribution is 6.31. The maximum atomic E-state index is 13.7. The predicted octanol–water partition coefficient (Wildman–Crippen LogP) is 3.19. The van der Waals surface area contributed by atoms with Crippen molar-refractivity contribution in [2.45, 2.75) is 6.54 Å². The van der Waals surface area contributed by atoms with E-state index in [9.17, 15) is 4.39 Å². The second kappa shape index (κ2) is 6.25. The predicted molar refractivity (Wildman–Crippen MR) is 77.7 cm³/mol. The molecule has 0 aliphatic heterocycles. The van der Waals surface area contributed by atoms with Gasteiger partial charge in [-0.3, -0.25) is 0 Å². The highest BCUT2D eigenvalue weighted by Gasteiger charge is 2.06. The second-order valence-corrected chi connectivity index (χ2v) is 4.55. The van der Waals surface area contributed by atoms with E-state index in [2.05, 4.69) is 10.5 Å². The summed E-state index contributed by atoms with van der Waals surface area (Å²) in [6.45, 7) is 0.393. The van der Waals surface area contributed by atoms with Gasteiger partial charge in [-0.15, -0.1) is 0 Å². The van der Waals surface area contributed by atoms with Gasteiger partial charge in [0.15, 0.2) is 11.7 Å². The molecule has 2 aromatic rings. The van der Waals surface area contributed by atoms with Crippen molar-refractivity contribution in [3.63, 3.8) is 0 Å². The minimum atomic E-state index is -0.484. The van der Waals surface area contributed by atoms with Gasteiger partial charge in [0.1, 0.15) is 0 Å². The van der Waals surface area contributed by atoms with Crippen LogP contribution < -0.4 is 11.1 Å². The summed E-state index contributed by atoms with van der Waals surface area (Å²) in [4.78, 5) is 0. The fourth-order valence-corrected chi connectivity index (χ4v) is 1.91. The number of rotatable bonds is 4. The Morgan fingerprint density at radius 2 is 2.05 bits per heavy atom. The number of amidine groups is 1. The van der Waals surface area contributed by atoms with Gasteiger partial charge < -0.3 is 16.3 Å². The summed E-state index contributed by atoms with van der Waals surface area (Å²) < 4.78 is 13.7. The number of hydrogen-bond donors (Lipinski definition) is 3. The molecule has 0 aliphatic rings. The third-order valence-electron chi connectivity index (χ3n) is 2.77. The summed E-state index contributed by atoms with van der Waals surface area (Å²) in [6.07, 6.45) is 0. The normalized spacial score (nSPS) is 11.4. The second-order valence-electron chi connectivity index (χ2n) is 4.14. The number of benzene rings is 2. The van der Waals surface area contributed by atoms with Crippen LogP contribution in [0.5, 0.6) is 0 Å². The average molecular weight is 294 g/mol. The minimum absolute atomic E-state index is 0.0285. The summed E-state index contributed by atoms with van der Waals surface area (Å²) in [5.41, 5.74) is 7.31. The Bertz CT molecular complexity index is 646. The van der Waals surface area contributed by atoms with Crippen molar-refractivity contribution in [3.8, 4) is 0 Å². The number of nitrogens with zero attached hydrogens (tertiary/aromatic N) is 1. The summed E-state index contributed by atoms with van der Waals surface area (Å²) in [5, 5.41) is 14.6. The molecule has 0 atom stereocenters. The average Bonchev–Trinajstić information content (AvgIpc) is 2.48. The topological polar surface area (TPSA) is 70.6 Å². The number of nitrogens with two attached hydrogens (primary N) is 1. The lowest BCUT2D eigenvalue weighted by molar-refractivity contribution is 0.318. The Morgan fingerprint density at radius 1 is 1.30 bits per heavy atom. The van der Waals surface area contributed by atoms with E-state index in [4.69, 9.17) is 22.5 Å². The number of nitrogens with one attached hydrogen (secondary N) is 1. The zero-order valence-corrected chi connectivity index (χ0v) is 11.2. The molecule has 0 saturated heterocycles. The van der Waals surface area contributed by atoms with Gasteiger partial charge in [-0.2, -0.15) is 0 Å². The van der Waals surface area contributed by atoms with Crippen LogP contribution in [0.3, 0.4) is 0 Å². The van der Waals surface area contributed by atoms with Crippen molar-refractivity contribution < 1.29 is 9.60 Å². The van der Waals surface area contributed by atoms with E-state index >= 15 is 0 Å². The van der Waals surface area contributed by atoms with E-state index < -0.39 is 5.82 Å². The number of anilines is 1. The van der Waals surface area contributed by atoms with Crippen LogP contribution in [-0.4, -0.2) is 11.0 Å². The SMILES string of the molecule is NC(=NO)c1cccc(CNc2cccc(Cl)c2F)c1. The Morgan fingerprint density at radius 3 is 2.80 bits per heavy atom. The lowest BCUT2D eigenvalue weighted by Crippen LogP contribution is -2.13. The first kappa shape index (κ1) is 14.1. The summed E-state index contributed by atoms with van der Waals surface area (Å²) in [6, 6.07) is 11.9. The van der Waals surface area contributed by atoms with Gasteiger partial charge in [0.2, 0.25) is 0 Å². The lowest BCUT2D eigenvalue weighted by atomic mass is 10.1. The number of hydrogen-bond acceptors (Lipinski definition) is 3. The van der Waals surface area contributed by atoms with Gasteiger partial charge in [0.25, 0.3) is 0 Å². The molecule has 20 heavy (non-hydrogen) atoms. The molecule has 2 aromatic carbocycles. The Kier molecular flexibility index (Phi) is 4.42. The molecular formula is C14H13ClFN3O. The van der Waals surface area contributed by atoms with Crippen LogP contribution in [0.25, 0.3) is 0 Å². The fraction of sp³-hybridized carbons (Fsp3) is 0.0714. The zero-order chi connectivity index (χ0) is 14.5. The smallest absolute Gasteiger partial charge is 0.170 e. The van der Waals surface area contributed by atoms with Crippen LogP contribution in [0.4, 0.5) is 10.1 Å². The maximum Gasteiger partial charge on any atom is 0.170 e. The molecule has 4 nitrogen and oxygen atoms in total. The van der Waals surface area contributed by atoms with Crippen LogP contribution in [0.1, 0.15) is 11.1 Å². The zero-order valence-electron chi connectivity index (χ0n) is 10.5. The number of oxime groups is 1. The van der Waals surface area contributed by atoms with E-state index in [0.717, 1.165) is 5.56 Å². The molecule has 0 bridgehead atoms. The van der Waals surface area contributed by atoms with Gasteiger partial charge in [-0.05, 0) is 23.8 Å². The molecule has 0 aromatic heterocycles. The lowest BCUT2D eigenvalue weighted by Gasteiger charge is -2.09. The molecular weight excluding hydrogens is 281 g/mol. The van der Waals surface area contributed by atoms with Crippen LogP contribution in [-0.2, 0) is 6.54 Å². The van der Waals surface area contributed by atoms with Crippen LogP contribution in [0.15, 0.2) is 47.6 Å². The van der Waals surface area contributed by atoms with Crippen molar-refractivity contribution in [2.24, 2.45) is 10.9 Å². The van der Waals surface area contributed by atoms with E-state index in [1.165, 1.54) is 6.07 Å². The molecule has 0 spiro atoms. The van der Waals surface area contributed by atoms with E-state index in [-0.39, 0.29) is 10.9 Å². The van der Waals surface area contributed by atoms with Crippen LogP contribution in [0, 0.1) is 5.82 Å². The summed E-state index contributed by atoms with van der Waals surface area (Å²) >= 11 is 5.71. The molecule has 0 amide bonds. The van der Waals surface area contributed by atoms with Gasteiger partial charge in [0.05, 0.1) is 10.7 Å². The van der Waals surface area contributed by atoms with Crippen LogP contribution >= 0.6 is 11.6 Å². The quantitative estimate of drug-likeness (QED) is 0.351. The monoisotopic (exact) mass is 293 g/mol. The van der Waals surface area contributed by atoms with Gasteiger partial charge in [0, 0.05) is 12.1 Å². The molecule has 0 aliphatic carbocycles. The van der Waals surface area contributed by atoms with E-state index in [1.807, 2.05) is 6.07 Å². The molecule has 0 heterocycles. The number of halogens is 2. The third-order valence-corrected chi connectivity index (χ3v) is 3.06. The molecule has 104 valence electrons. The Balaban J connectivity index is 2.13. The molecule has 0 unspecified atom stereocenters. The van der Waals surface area contributed by atoms with Crippen molar-refractivity contribution >= 4 is 23.1 Å². The largest absolute Gasteiger partial charge is 0.409 e. The first-order valence-corrected chi connectivity index (χ1v) is 6.24. The highest BCUT2D eigenvalue weighted by Crippen LogP contribution is 2.22. The van der Waals surface area contributed by atoms with Gasteiger partial charge >= 0.3 is 0 Å². The summed E-state index contributed by atoms with van der Waals surface area (Å²) in [5.74, 6) is -0.456. The maximum absolute atomic E-state index is 13.7. The molecule has 4 N–H and O–H groups in total. The molecule has 2 rings (SSSR count). The van der Waals surface area contributed by atoms with Crippen molar-refractivity contribution in [1.29, 1.82) is 0 Å². The molecule has 6 heteroatoms. The first-order valence-electron chi connectivity index (χ1n) is 5.86. The van der Waals surface area contributed by atoms with Crippen molar-refractivity contribution in [3.05, 3.63) is 64.4 Å². The highest BCUT2D eigenvalue weighted by atomic mass is 35.5. The first-order chi connectivity index (χ1) is 9.61. The minimum Gasteiger partial charge on any atom is -0.409 e. The standard InChI is InChI=1S/C14H13ClFN3O/c15-11-5-2-6-12(13(11)16)18-8-9-3-1-4-10(7-9)14(17)19-20/h1-7,18,20H,8H2,(H2,17,19). The summed E-state index contributed by atoms with van der Waals surface area (Å²) in [7, 11) is 0. The van der Waals surface area contributed by atoms with Gasteiger partial charge in [-0.1, -0.05) is 41.0 Å². The third kappa shape index (κ3) is 3.19. The van der Waals surface area contributed by atoms with Gasteiger partial charge in [-0.25, -0.2) is 4.39 Å². The molecule has 0 fully saturated rings. The van der Waals surface area contributed by atoms with E-state index in [1.54, 1.807) is 30.3 Å². The molecule has 0 saturated carbocycles. The van der Waals surface area contributed by atoms with Crippen molar-refractivity contribution in [1.82, 2.24) is 0 Å². The van der Waals surface area contributed by atoms with E-state index in [0.29, 0.717) is 17.8 Å². The van der Waals surface area contributed by atoms with Crippen molar-refractivity contribution in [2.75, 3.05) is 5.32 Å².